The molecule has 1 aliphatic rings. The summed E-state index contributed by atoms with van der Waals surface area (Å²) in [6.45, 7) is 4.09. The number of carbonyl (C=O) groups is 1. The van der Waals surface area contributed by atoms with E-state index in [4.69, 9.17) is 11.6 Å². The maximum Gasteiger partial charge on any atom is 0.255 e. The molecule has 1 amide bonds. The summed E-state index contributed by atoms with van der Waals surface area (Å²) >= 11 is 9.43. The zero-order valence-electron chi connectivity index (χ0n) is 18.5. The van der Waals surface area contributed by atoms with Crippen molar-refractivity contribution in [3.05, 3.63) is 69.7 Å². The Kier molecular flexibility index (Phi) is 6.20. The van der Waals surface area contributed by atoms with Crippen molar-refractivity contribution in [2.75, 3.05) is 43.4 Å². The number of phenolic OH excluding ortho intramolecular Hbond substituents is 1. The third-order valence-electron chi connectivity index (χ3n) is 6.02. The fourth-order valence-corrected chi connectivity index (χ4v) is 4.85. The number of fused-ring (bicyclic) bond motifs is 1. The molecule has 1 saturated heterocycles. The van der Waals surface area contributed by atoms with Crippen molar-refractivity contribution in [1.29, 1.82) is 0 Å². The van der Waals surface area contributed by atoms with Crippen LogP contribution >= 0.6 is 27.5 Å². The number of anilines is 2. The number of aromatic nitrogens is 2. The Morgan fingerprint density at radius 1 is 1.09 bits per heavy atom. The Labute approximate surface area is 210 Å². The summed E-state index contributed by atoms with van der Waals surface area (Å²) in [5, 5.41) is 13.8. The second-order valence-corrected chi connectivity index (χ2v) is 9.68. The van der Waals surface area contributed by atoms with E-state index in [0.717, 1.165) is 43.1 Å². The number of nitrogens with one attached hydrogen (secondary N) is 2. The average Bonchev–Trinajstić information content (AvgIpc) is 3.25. The number of piperazine rings is 1. The number of aromatic amines is 1. The first-order valence-electron chi connectivity index (χ1n) is 10.9. The molecule has 1 fully saturated rings. The molecule has 1 aliphatic heterocycles. The monoisotopic (exact) mass is 539 g/mol. The van der Waals surface area contributed by atoms with Crippen molar-refractivity contribution in [2.24, 2.45) is 0 Å². The number of carbonyl (C=O) groups excluding carboxylic acids is 1. The summed E-state index contributed by atoms with van der Waals surface area (Å²) in [5.41, 5.74) is 4.22. The fourth-order valence-electron chi connectivity index (χ4n) is 4.04. The first-order valence-corrected chi connectivity index (χ1v) is 12.1. The lowest BCUT2D eigenvalue weighted by Gasteiger charge is -2.34. The normalized spacial score (nSPS) is 14.5. The minimum atomic E-state index is -0.216. The van der Waals surface area contributed by atoms with E-state index < -0.39 is 0 Å². The van der Waals surface area contributed by atoms with Gasteiger partial charge in [0.25, 0.3) is 5.91 Å². The topological polar surface area (TPSA) is 84.5 Å². The summed E-state index contributed by atoms with van der Waals surface area (Å²) in [6.07, 6.45) is 0. The summed E-state index contributed by atoms with van der Waals surface area (Å²) in [5.74, 6) is 0.293. The molecular formula is C25H23BrClN5O2. The number of nitrogens with zero attached hydrogens (tertiary/aromatic N) is 3. The van der Waals surface area contributed by atoms with Crippen molar-refractivity contribution in [3.8, 4) is 17.1 Å². The van der Waals surface area contributed by atoms with Gasteiger partial charge < -0.3 is 25.2 Å². The SMILES string of the molecule is CN1CCN(c2ccc(NC(=O)c3ccc4[nH]c(-c5cc(Cl)cc(Br)c5O)nc4c3)cc2)CC1. The van der Waals surface area contributed by atoms with Gasteiger partial charge in [-0.15, -0.1) is 0 Å². The van der Waals surface area contributed by atoms with E-state index in [-0.39, 0.29) is 11.7 Å². The predicted molar refractivity (Wildman–Crippen MR) is 140 cm³/mol. The quantitative estimate of drug-likeness (QED) is 0.325. The summed E-state index contributed by atoms with van der Waals surface area (Å²) < 4.78 is 0.481. The smallest absolute Gasteiger partial charge is 0.255 e. The molecule has 0 atom stereocenters. The lowest BCUT2D eigenvalue weighted by molar-refractivity contribution is 0.102. The van der Waals surface area contributed by atoms with Crippen LogP contribution in [0.15, 0.2) is 59.1 Å². The first-order chi connectivity index (χ1) is 16.4. The average molecular weight is 541 g/mol. The molecule has 4 aromatic rings. The van der Waals surface area contributed by atoms with Gasteiger partial charge in [0.1, 0.15) is 11.6 Å². The molecule has 0 spiro atoms. The summed E-state index contributed by atoms with van der Waals surface area (Å²) in [4.78, 5) is 25.3. The lowest BCUT2D eigenvalue weighted by atomic mass is 10.1. The van der Waals surface area contributed by atoms with Crippen molar-refractivity contribution in [3.63, 3.8) is 0 Å². The number of hydrogen-bond acceptors (Lipinski definition) is 5. The Morgan fingerprint density at radius 3 is 2.56 bits per heavy atom. The number of halogens is 2. The molecule has 174 valence electrons. The van der Waals surface area contributed by atoms with Crippen molar-refractivity contribution in [1.82, 2.24) is 14.9 Å². The number of rotatable bonds is 4. The lowest BCUT2D eigenvalue weighted by Crippen LogP contribution is -2.44. The van der Waals surface area contributed by atoms with E-state index in [1.165, 1.54) is 0 Å². The maximum atomic E-state index is 12.9. The molecule has 5 rings (SSSR count). The number of benzene rings is 3. The third-order valence-corrected chi connectivity index (χ3v) is 6.84. The molecule has 3 aromatic carbocycles. The minimum Gasteiger partial charge on any atom is -0.506 e. The van der Waals surface area contributed by atoms with Gasteiger partial charge in [-0.2, -0.15) is 0 Å². The summed E-state index contributed by atoms with van der Waals surface area (Å²) in [7, 11) is 2.14. The zero-order valence-corrected chi connectivity index (χ0v) is 20.8. The van der Waals surface area contributed by atoms with Gasteiger partial charge in [-0.25, -0.2) is 4.98 Å². The molecule has 9 heteroatoms. The molecule has 2 heterocycles. The Hall–Kier alpha value is -3.07. The first kappa shape index (κ1) is 22.7. The van der Waals surface area contributed by atoms with Gasteiger partial charge in [0.15, 0.2) is 0 Å². The largest absolute Gasteiger partial charge is 0.506 e. The Balaban J connectivity index is 1.33. The van der Waals surface area contributed by atoms with Gasteiger partial charge in [0.2, 0.25) is 0 Å². The van der Waals surface area contributed by atoms with Crippen LogP contribution in [0, 0.1) is 0 Å². The zero-order chi connectivity index (χ0) is 23.8. The molecule has 0 saturated carbocycles. The molecule has 34 heavy (non-hydrogen) atoms. The highest BCUT2D eigenvalue weighted by atomic mass is 79.9. The van der Waals surface area contributed by atoms with Crippen molar-refractivity contribution < 1.29 is 9.90 Å². The van der Waals surface area contributed by atoms with Crippen LogP contribution in [-0.4, -0.2) is 59.1 Å². The van der Waals surface area contributed by atoms with E-state index in [1.54, 1.807) is 30.3 Å². The highest BCUT2D eigenvalue weighted by Crippen LogP contribution is 2.37. The van der Waals surface area contributed by atoms with Crippen LogP contribution in [0.4, 0.5) is 11.4 Å². The molecular weight excluding hydrogens is 518 g/mol. The second kappa shape index (κ2) is 9.29. The number of phenols is 1. The Bertz CT molecular complexity index is 1360. The number of H-pyrrole nitrogens is 1. The molecule has 3 N–H and O–H groups in total. The van der Waals surface area contributed by atoms with Crippen molar-refractivity contribution in [2.45, 2.75) is 0 Å². The van der Waals surface area contributed by atoms with Crippen LogP contribution in [0.5, 0.6) is 5.75 Å². The number of imidazole rings is 1. The molecule has 0 bridgehead atoms. The van der Waals surface area contributed by atoms with E-state index in [9.17, 15) is 9.90 Å². The Morgan fingerprint density at radius 2 is 1.82 bits per heavy atom. The van der Waals surface area contributed by atoms with E-state index >= 15 is 0 Å². The summed E-state index contributed by atoms with van der Waals surface area (Å²) in [6, 6.07) is 16.5. The highest BCUT2D eigenvalue weighted by molar-refractivity contribution is 9.10. The van der Waals surface area contributed by atoms with E-state index in [0.29, 0.717) is 32.0 Å². The fraction of sp³-hybridized carbons (Fsp3) is 0.200. The molecule has 0 radical (unpaired) electrons. The highest BCUT2D eigenvalue weighted by Gasteiger charge is 2.16. The van der Waals surface area contributed by atoms with E-state index in [1.807, 2.05) is 24.3 Å². The van der Waals surface area contributed by atoms with Crippen LogP contribution < -0.4 is 10.2 Å². The van der Waals surface area contributed by atoms with Crippen LogP contribution in [0.1, 0.15) is 10.4 Å². The molecule has 7 nitrogen and oxygen atoms in total. The number of aromatic hydroxyl groups is 1. The number of amides is 1. The number of hydrogen-bond donors (Lipinski definition) is 3. The van der Waals surface area contributed by atoms with Crippen LogP contribution in [0.3, 0.4) is 0 Å². The number of likely N-dealkylation sites (N-methyl/N-ethyl adjacent to an activating group) is 1. The molecule has 1 aromatic heterocycles. The standard InChI is InChI=1S/C25H23BrClN5O2/c1-31-8-10-32(11-9-31)18-5-3-17(4-6-18)28-25(34)15-2-7-21-22(12-15)30-24(29-21)19-13-16(27)14-20(26)23(19)33/h2-7,12-14,33H,8-11H2,1H3,(H,28,34)(H,29,30). The molecule has 0 aliphatic carbocycles. The van der Waals surface area contributed by atoms with Crippen molar-refractivity contribution >= 4 is 55.8 Å². The third kappa shape index (κ3) is 4.61. The van der Waals surface area contributed by atoms with Crippen LogP contribution in [-0.2, 0) is 0 Å². The predicted octanol–water partition coefficient (Wildman–Crippen LogP) is 5.36. The van der Waals surface area contributed by atoms with Crippen LogP contribution in [0.25, 0.3) is 22.4 Å². The van der Waals surface area contributed by atoms with Gasteiger partial charge >= 0.3 is 0 Å². The van der Waals surface area contributed by atoms with Gasteiger partial charge in [0.05, 0.1) is 21.1 Å². The van der Waals surface area contributed by atoms with Gasteiger partial charge in [-0.1, -0.05) is 11.6 Å². The minimum absolute atomic E-state index is 0.0430. The molecule has 0 unspecified atom stereocenters. The second-order valence-electron chi connectivity index (χ2n) is 8.39. The van der Waals surface area contributed by atoms with E-state index in [2.05, 4.69) is 48.1 Å². The maximum absolute atomic E-state index is 12.9. The van der Waals surface area contributed by atoms with Gasteiger partial charge in [0, 0.05) is 48.1 Å². The van der Waals surface area contributed by atoms with Gasteiger partial charge in [-0.05, 0) is 77.6 Å². The van der Waals surface area contributed by atoms with Gasteiger partial charge in [-0.3, -0.25) is 4.79 Å². The van der Waals surface area contributed by atoms with Crippen LogP contribution in [0.2, 0.25) is 5.02 Å².